The fourth-order valence-corrected chi connectivity index (χ4v) is 1.03. The van der Waals surface area contributed by atoms with E-state index in [1.54, 1.807) is 0 Å². The fraction of sp³-hybridized carbons (Fsp3) is 0.533. The van der Waals surface area contributed by atoms with Crippen molar-refractivity contribution in [1.29, 1.82) is 0 Å². The summed E-state index contributed by atoms with van der Waals surface area (Å²) in [6.07, 6.45) is 8.76. The first-order valence-electron chi connectivity index (χ1n) is 6.36. The molecule has 1 aliphatic rings. The zero-order chi connectivity index (χ0) is 14.4. The van der Waals surface area contributed by atoms with Crippen LogP contribution in [0.15, 0.2) is 36.5 Å². The highest BCUT2D eigenvalue weighted by molar-refractivity contribution is 5.71. The van der Waals surface area contributed by atoms with Gasteiger partial charge in [0.2, 0.25) is 0 Å². The van der Waals surface area contributed by atoms with Gasteiger partial charge in [-0.15, -0.1) is 0 Å². The SMILES string of the molecule is C=C/C(C)=C\C=C/C.CC.O=C1CCC(CO)O1. The van der Waals surface area contributed by atoms with Crippen molar-refractivity contribution in [2.75, 3.05) is 6.61 Å². The summed E-state index contributed by atoms with van der Waals surface area (Å²) in [5.74, 6) is -0.191. The highest BCUT2D eigenvalue weighted by atomic mass is 16.6. The smallest absolute Gasteiger partial charge is 0.306 e. The van der Waals surface area contributed by atoms with E-state index in [1.807, 2.05) is 52.0 Å². The first-order chi connectivity index (χ1) is 8.63. The minimum Gasteiger partial charge on any atom is -0.460 e. The average molecular weight is 254 g/mol. The van der Waals surface area contributed by atoms with Gasteiger partial charge in [-0.1, -0.05) is 50.3 Å². The Labute approximate surface area is 111 Å². The zero-order valence-electron chi connectivity index (χ0n) is 12.0. The van der Waals surface area contributed by atoms with Crippen molar-refractivity contribution in [3.8, 4) is 0 Å². The number of rotatable bonds is 3. The minimum atomic E-state index is -0.220. The number of allylic oxidation sites excluding steroid dienone is 5. The topological polar surface area (TPSA) is 46.5 Å². The van der Waals surface area contributed by atoms with Crippen LogP contribution in [0.25, 0.3) is 0 Å². The third kappa shape index (κ3) is 11.1. The van der Waals surface area contributed by atoms with Crippen LogP contribution in [0.2, 0.25) is 0 Å². The minimum absolute atomic E-state index is 0.0360. The summed E-state index contributed by atoms with van der Waals surface area (Å²) in [6.45, 7) is 11.6. The molecule has 3 heteroatoms. The largest absolute Gasteiger partial charge is 0.460 e. The molecule has 1 fully saturated rings. The van der Waals surface area contributed by atoms with Gasteiger partial charge in [0.15, 0.2) is 0 Å². The number of aliphatic hydroxyl groups excluding tert-OH is 1. The molecule has 104 valence electrons. The van der Waals surface area contributed by atoms with Crippen molar-refractivity contribution in [2.24, 2.45) is 0 Å². The molecule has 18 heavy (non-hydrogen) atoms. The van der Waals surface area contributed by atoms with Crippen LogP contribution in [0.1, 0.15) is 40.5 Å². The van der Waals surface area contributed by atoms with Crippen molar-refractivity contribution in [2.45, 2.75) is 46.6 Å². The van der Waals surface area contributed by atoms with Gasteiger partial charge >= 0.3 is 5.97 Å². The number of cyclic esters (lactones) is 1. The summed E-state index contributed by atoms with van der Waals surface area (Å²) in [5, 5.41) is 8.41. The molecule has 0 bridgehead atoms. The molecule has 1 N–H and O–H groups in total. The van der Waals surface area contributed by atoms with Crippen molar-refractivity contribution in [3.05, 3.63) is 36.5 Å². The lowest BCUT2D eigenvalue weighted by atomic mass is 10.2. The van der Waals surface area contributed by atoms with Gasteiger partial charge in [0.05, 0.1) is 6.61 Å². The second-order valence-corrected chi connectivity index (χ2v) is 3.47. The zero-order valence-corrected chi connectivity index (χ0v) is 12.0. The van der Waals surface area contributed by atoms with E-state index in [0.717, 1.165) is 0 Å². The van der Waals surface area contributed by atoms with Gasteiger partial charge in [-0.2, -0.15) is 0 Å². The van der Waals surface area contributed by atoms with Gasteiger partial charge in [0, 0.05) is 6.42 Å². The molecule has 1 atom stereocenters. The number of carbonyl (C=O) groups is 1. The molecular formula is C15H26O3. The predicted octanol–water partition coefficient (Wildman–Crippen LogP) is 3.41. The van der Waals surface area contributed by atoms with E-state index < -0.39 is 0 Å². The Kier molecular flexibility index (Phi) is 14.5. The molecular weight excluding hydrogens is 228 g/mol. The van der Waals surface area contributed by atoms with E-state index in [0.29, 0.717) is 12.8 Å². The number of carbonyl (C=O) groups excluding carboxylic acids is 1. The lowest BCUT2D eigenvalue weighted by Crippen LogP contribution is -2.10. The first-order valence-corrected chi connectivity index (χ1v) is 6.36. The maximum Gasteiger partial charge on any atom is 0.306 e. The van der Waals surface area contributed by atoms with Crippen LogP contribution in [0.4, 0.5) is 0 Å². The quantitative estimate of drug-likeness (QED) is 0.620. The van der Waals surface area contributed by atoms with Gasteiger partial charge in [-0.25, -0.2) is 0 Å². The van der Waals surface area contributed by atoms with Gasteiger partial charge in [0.25, 0.3) is 0 Å². The number of esters is 1. The van der Waals surface area contributed by atoms with Crippen LogP contribution >= 0.6 is 0 Å². The number of hydrogen-bond donors (Lipinski definition) is 1. The molecule has 1 heterocycles. The summed E-state index contributed by atoms with van der Waals surface area (Å²) in [6, 6.07) is 0. The summed E-state index contributed by atoms with van der Waals surface area (Å²) in [5.41, 5.74) is 1.20. The molecule has 1 rings (SSSR count). The molecule has 0 saturated carbocycles. The average Bonchev–Trinajstić information content (AvgIpc) is 2.85. The summed E-state index contributed by atoms with van der Waals surface area (Å²) in [7, 11) is 0. The first kappa shape index (κ1) is 19.0. The molecule has 0 amide bonds. The van der Waals surface area contributed by atoms with Gasteiger partial charge < -0.3 is 9.84 Å². The Hall–Kier alpha value is -1.35. The molecule has 0 aromatic rings. The number of aliphatic hydroxyl groups is 1. The molecule has 0 spiro atoms. The van der Waals surface area contributed by atoms with E-state index >= 15 is 0 Å². The van der Waals surface area contributed by atoms with Crippen LogP contribution in [0.3, 0.4) is 0 Å². The van der Waals surface area contributed by atoms with Crippen molar-refractivity contribution in [3.63, 3.8) is 0 Å². The van der Waals surface area contributed by atoms with Crippen LogP contribution in [0.5, 0.6) is 0 Å². The summed E-state index contributed by atoms with van der Waals surface area (Å²) in [4.78, 5) is 10.3. The maximum atomic E-state index is 10.3. The van der Waals surface area contributed by atoms with Crippen LogP contribution in [-0.2, 0) is 9.53 Å². The normalized spacial score (nSPS) is 18.4. The van der Waals surface area contributed by atoms with E-state index in [9.17, 15) is 4.79 Å². The third-order valence-corrected chi connectivity index (χ3v) is 2.05. The third-order valence-electron chi connectivity index (χ3n) is 2.05. The van der Waals surface area contributed by atoms with Gasteiger partial charge in [0.1, 0.15) is 6.10 Å². The number of hydrogen-bond acceptors (Lipinski definition) is 3. The lowest BCUT2D eigenvalue weighted by Gasteiger charge is -2.01. The summed E-state index contributed by atoms with van der Waals surface area (Å²) < 4.78 is 4.62. The molecule has 0 radical (unpaired) electrons. The predicted molar refractivity (Wildman–Crippen MR) is 76.3 cm³/mol. The highest BCUT2D eigenvalue weighted by Crippen LogP contribution is 2.11. The Morgan fingerprint density at radius 3 is 2.44 bits per heavy atom. The number of ether oxygens (including phenoxy) is 1. The van der Waals surface area contributed by atoms with Gasteiger partial charge in [-0.3, -0.25) is 4.79 Å². The van der Waals surface area contributed by atoms with Crippen LogP contribution in [0, 0.1) is 0 Å². The molecule has 0 aliphatic carbocycles. The summed E-state index contributed by atoms with van der Waals surface area (Å²) >= 11 is 0. The van der Waals surface area contributed by atoms with Crippen molar-refractivity contribution < 1.29 is 14.6 Å². The lowest BCUT2D eigenvalue weighted by molar-refractivity contribution is -0.142. The highest BCUT2D eigenvalue weighted by Gasteiger charge is 2.21. The molecule has 1 unspecified atom stereocenters. The van der Waals surface area contributed by atoms with Crippen LogP contribution in [-0.4, -0.2) is 23.8 Å². The van der Waals surface area contributed by atoms with Crippen molar-refractivity contribution in [1.82, 2.24) is 0 Å². The Bertz CT molecular complexity index is 277. The van der Waals surface area contributed by atoms with Crippen molar-refractivity contribution >= 4 is 5.97 Å². The fourth-order valence-electron chi connectivity index (χ4n) is 1.03. The van der Waals surface area contributed by atoms with E-state index in [2.05, 4.69) is 11.3 Å². The van der Waals surface area contributed by atoms with Gasteiger partial charge in [-0.05, 0) is 20.3 Å². The molecule has 0 aromatic carbocycles. The Balaban J connectivity index is 0. The van der Waals surface area contributed by atoms with Crippen LogP contribution < -0.4 is 0 Å². The maximum absolute atomic E-state index is 10.3. The van der Waals surface area contributed by atoms with E-state index in [-0.39, 0.29) is 18.7 Å². The van der Waals surface area contributed by atoms with E-state index in [4.69, 9.17) is 5.11 Å². The molecule has 1 saturated heterocycles. The molecule has 0 aromatic heterocycles. The Morgan fingerprint density at radius 1 is 1.56 bits per heavy atom. The standard InChI is InChI=1S/C8H12.C5H8O3.C2H6/c1-4-6-7-8(3)5-2;6-3-4-1-2-5(7)8-4;1-2/h4-7H,2H2,1,3H3;4,6H,1-3H2;1-2H3/b6-4-,8-7-;;. The molecule has 1 aliphatic heterocycles. The second kappa shape index (κ2) is 13.7. The van der Waals surface area contributed by atoms with E-state index in [1.165, 1.54) is 5.57 Å². The molecule has 3 nitrogen and oxygen atoms in total. The monoisotopic (exact) mass is 254 g/mol. The Morgan fingerprint density at radius 2 is 2.17 bits per heavy atom. The second-order valence-electron chi connectivity index (χ2n) is 3.47.